The van der Waals surface area contributed by atoms with Crippen LogP contribution in [0.15, 0.2) is 24.3 Å². The second kappa shape index (κ2) is 8.93. The van der Waals surface area contributed by atoms with Crippen LogP contribution in [0, 0.1) is 23.2 Å². The Bertz CT molecular complexity index is 762. The molecular formula is C26H38N3O2+. The van der Waals surface area contributed by atoms with Crippen molar-refractivity contribution in [1.29, 1.82) is 0 Å². The van der Waals surface area contributed by atoms with Crippen molar-refractivity contribution in [3.63, 3.8) is 0 Å². The van der Waals surface area contributed by atoms with E-state index in [4.69, 9.17) is 0 Å². The van der Waals surface area contributed by atoms with E-state index in [1.807, 2.05) is 0 Å². The highest BCUT2D eigenvalue weighted by atomic mass is 16.2. The Morgan fingerprint density at radius 3 is 2.03 bits per heavy atom. The van der Waals surface area contributed by atoms with Crippen molar-refractivity contribution in [2.24, 2.45) is 23.2 Å². The van der Waals surface area contributed by atoms with Gasteiger partial charge in [0.05, 0.1) is 19.6 Å². The minimum atomic E-state index is -0.107. The monoisotopic (exact) mass is 424 g/mol. The molecule has 5 aliphatic rings. The lowest BCUT2D eigenvalue weighted by Gasteiger charge is -2.56. The van der Waals surface area contributed by atoms with Gasteiger partial charge in [0, 0.05) is 31.4 Å². The van der Waals surface area contributed by atoms with E-state index < -0.39 is 0 Å². The summed E-state index contributed by atoms with van der Waals surface area (Å²) < 4.78 is 0. The quantitative estimate of drug-likeness (QED) is 0.599. The zero-order chi connectivity index (χ0) is 21.3. The number of carbonyl (C=O) groups excluding carboxylic acids is 2. The zero-order valence-corrected chi connectivity index (χ0v) is 18.8. The average Bonchev–Trinajstić information content (AvgIpc) is 3.23. The molecular weight excluding hydrogens is 386 g/mol. The third-order valence-corrected chi connectivity index (χ3v) is 8.42. The number of hydrogen-bond acceptors (Lipinski definition) is 2. The molecule has 5 fully saturated rings. The Hall–Kier alpha value is -1.88. The highest BCUT2D eigenvalue weighted by Crippen LogP contribution is 2.61. The molecule has 168 valence electrons. The second-order valence-electron chi connectivity index (χ2n) is 11.1. The van der Waals surface area contributed by atoms with E-state index in [9.17, 15) is 9.59 Å². The van der Waals surface area contributed by atoms with Crippen LogP contribution in [0.3, 0.4) is 0 Å². The first kappa shape index (κ1) is 21.0. The third-order valence-electron chi connectivity index (χ3n) is 8.42. The van der Waals surface area contributed by atoms with Crippen molar-refractivity contribution in [3.05, 3.63) is 35.4 Å². The number of carbonyl (C=O) groups is 2. The maximum Gasteiger partial charge on any atom is 0.239 e. The summed E-state index contributed by atoms with van der Waals surface area (Å²) in [5, 5.41) is 5.84. The van der Waals surface area contributed by atoms with Crippen molar-refractivity contribution in [2.75, 3.05) is 19.6 Å². The normalized spacial score (nSPS) is 31.7. The molecule has 4 aliphatic carbocycles. The number of rotatable bonds is 8. The predicted molar refractivity (Wildman–Crippen MR) is 120 cm³/mol. The first-order chi connectivity index (χ1) is 15.1. The fraction of sp³-hybridized carbons (Fsp3) is 0.692. The van der Waals surface area contributed by atoms with Gasteiger partial charge in [0.2, 0.25) is 11.8 Å². The summed E-state index contributed by atoms with van der Waals surface area (Å²) in [6.45, 7) is 4.27. The second-order valence-corrected chi connectivity index (χ2v) is 11.1. The van der Waals surface area contributed by atoms with Crippen molar-refractivity contribution < 1.29 is 14.5 Å². The van der Waals surface area contributed by atoms with Gasteiger partial charge in [0.25, 0.3) is 0 Å². The molecule has 1 aromatic carbocycles. The standard InChI is InChI=1S/C26H37N3O2/c30-24(15-26-12-21-9-22(13-26)11-23(10-21)14-26)28-17-25(31)27-16-19-3-5-20(6-4-19)18-29-7-1-2-8-29/h3-6,21-23H,1-2,7-18H2,(H,27,31)(H,28,30)/p+1. The van der Waals surface area contributed by atoms with Gasteiger partial charge in [-0.25, -0.2) is 0 Å². The summed E-state index contributed by atoms with van der Waals surface area (Å²) in [4.78, 5) is 26.5. The molecule has 0 aromatic heterocycles. The molecule has 0 radical (unpaired) electrons. The van der Waals surface area contributed by atoms with Crippen LogP contribution in [0.2, 0.25) is 0 Å². The molecule has 3 N–H and O–H groups in total. The molecule has 4 bridgehead atoms. The van der Waals surface area contributed by atoms with Crippen LogP contribution in [0.25, 0.3) is 0 Å². The summed E-state index contributed by atoms with van der Waals surface area (Å²) in [6.07, 6.45) is 11.2. The van der Waals surface area contributed by atoms with Crippen LogP contribution < -0.4 is 15.5 Å². The number of quaternary nitrogens is 1. The molecule has 0 spiro atoms. The van der Waals surface area contributed by atoms with Crippen LogP contribution in [-0.2, 0) is 22.7 Å². The van der Waals surface area contributed by atoms with Crippen LogP contribution in [-0.4, -0.2) is 31.4 Å². The van der Waals surface area contributed by atoms with E-state index in [0.29, 0.717) is 13.0 Å². The lowest BCUT2D eigenvalue weighted by Crippen LogP contribution is -3.08. The minimum Gasteiger partial charge on any atom is -0.350 e. The number of amides is 2. The van der Waals surface area contributed by atoms with Gasteiger partial charge in [-0.1, -0.05) is 24.3 Å². The van der Waals surface area contributed by atoms with Crippen molar-refractivity contribution in [1.82, 2.24) is 10.6 Å². The van der Waals surface area contributed by atoms with Gasteiger partial charge in [-0.15, -0.1) is 0 Å². The Labute approximate surface area is 186 Å². The fourth-order valence-corrected chi connectivity index (χ4v) is 7.47. The van der Waals surface area contributed by atoms with Crippen LogP contribution in [0.5, 0.6) is 0 Å². The molecule has 5 heteroatoms. The van der Waals surface area contributed by atoms with Gasteiger partial charge in [-0.05, 0) is 67.3 Å². The average molecular weight is 425 g/mol. The minimum absolute atomic E-state index is 0.0610. The Balaban J connectivity index is 1.03. The summed E-state index contributed by atoms with van der Waals surface area (Å²) >= 11 is 0. The molecule has 1 saturated heterocycles. The summed E-state index contributed by atoms with van der Waals surface area (Å²) in [6, 6.07) is 8.58. The molecule has 1 aliphatic heterocycles. The molecule has 2 amide bonds. The van der Waals surface area contributed by atoms with E-state index in [2.05, 4.69) is 34.9 Å². The van der Waals surface area contributed by atoms with Gasteiger partial charge < -0.3 is 15.5 Å². The summed E-state index contributed by atoms with van der Waals surface area (Å²) in [7, 11) is 0. The maximum absolute atomic E-state index is 12.6. The Morgan fingerprint density at radius 2 is 1.42 bits per heavy atom. The number of benzene rings is 1. The summed E-state index contributed by atoms with van der Waals surface area (Å²) in [5.41, 5.74) is 2.70. The highest BCUT2D eigenvalue weighted by Gasteiger charge is 2.51. The van der Waals surface area contributed by atoms with Gasteiger partial charge in [0.1, 0.15) is 6.54 Å². The van der Waals surface area contributed by atoms with Gasteiger partial charge >= 0.3 is 0 Å². The predicted octanol–water partition coefficient (Wildman–Crippen LogP) is 2.20. The third kappa shape index (κ3) is 5.14. The molecule has 0 unspecified atom stereocenters. The zero-order valence-electron chi connectivity index (χ0n) is 18.8. The van der Waals surface area contributed by atoms with Crippen molar-refractivity contribution >= 4 is 11.8 Å². The SMILES string of the molecule is O=C(CNC(=O)CC12CC3CC(CC(C3)C1)C2)NCc1ccc(C[NH+]2CCCC2)cc1. The molecule has 1 heterocycles. The molecule has 5 nitrogen and oxygen atoms in total. The number of hydrogen-bond donors (Lipinski definition) is 3. The molecule has 4 saturated carbocycles. The van der Waals surface area contributed by atoms with Crippen LogP contribution in [0.4, 0.5) is 0 Å². The van der Waals surface area contributed by atoms with E-state index in [0.717, 1.165) is 29.9 Å². The van der Waals surface area contributed by atoms with Gasteiger partial charge in [-0.2, -0.15) is 0 Å². The van der Waals surface area contributed by atoms with E-state index in [-0.39, 0.29) is 23.8 Å². The lowest BCUT2D eigenvalue weighted by atomic mass is 9.49. The Kier molecular flexibility index (Phi) is 6.05. The number of nitrogens with one attached hydrogen (secondary N) is 3. The highest BCUT2D eigenvalue weighted by molar-refractivity contribution is 5.84. The first-order valence-electron chi connectivity index (χ1n) is 12.5. The summed E-state index contributed by atoms with van der Waals surface area (Å²) in [5.74, 6) is 2.51. The molecule has 1 aromatic rings. The Morgan fingerprint density at radius 1 is 0.839 bits per heavy atom. The first-order valence-corrected chi connectivity index (χ1v) is 12.5. The van der Waals surface area contributed by atoms with Crippen LogP contribution in [0.1, 0.15) is 68.9 Å². The van der Waals surface area contributed by atoms with Crippen molar-refractivity contribution in [3.8, 4) is 0 Å². The maximum atomic E-state index is 12.6. The molecule has 6 rings (SSSR count). The van der Waals surface area contributed by atoms with E-state index in [1.54, 1.807) is 4.90 Å². The lowest BCUT2D eigenvalue weighted by molar-refractivity contribution is -0.901. The topological polar surface area (TPSA) is 62.6 Å². The smallest absolute Gasteiger partial charge is 0.239 e. The van der Waals surface area contributed by atoms with E-state index in [1.165, 1.54) is 70.0 Å². The van der Waals surface area contributed by atoms with Crippen LogP contribution >= 0.6 is 0 Å². The fourth-order valence-electron chi connectivity index (χ4n) is 7.47. The largest absolute Gasteiger partial charge is 0.350 e. The molecule has 0 atom stereocenters. The number of likely N-dealkylation sites (tertiary alicyclic amines) is 1. The van der Waals surface area contributed by atoms with Gasteiger partial charge in [0.15, 0.2) is 0 Å². The van der Waals surface area contributed by atoms with Gasteiger partial charge in [-0.3, -0.25) is 9.59 Å². The van der Waals surface area contributed by atoms with E-state index >= 15 is 0 Å². The molecule has 31 heavy (non-hydrogen) atoms. The van der Waals surface area contributed by atoms with Crippen molar-refractivity contribution in [2.45, 2.75) is 70.9 Å².